The van der Waals surface area contributed by atoms with Gasteiger partial charge in [-0.1, -0.05) is 0 Å². The van der Waals surface area contributed by atoms with Crippen molar-refractivity contribution in [3.8, 4) is 5.75 Å². The predicted octanol–water partition coefficient (Wildman–Crippen LogP) is 1.02. The van der Waals surface area contributed by atoms with Crippen molar-refractivity contribution >= 4 is 21.6 Å². The van der Waals surface area contributed by atoms with Crippen molar-refractivity contribution in [2.75, 3.05) is 57.4 Å². The average molecular weight is 369 g/mol. The van der Waals surface area contributed by atoms with Crippen molar-refractivity contribution < 1.29 is 17.9 Å². The number of carbonyl (C=O) groups excluding carboxylic acids is 1. The fourth-order valence-electron chi connectivity index (χ4n) is 2.82. The van der Waals surface area contributed by atoms with Gasteiger partial charge in [-0.2, -0.15) is 0 Å². The van der Waals surface area contributed by atoms with Gasteiger partial charge in [0.05, 0.1) is 19.1 Å². The Bertz CT molecular complexity index is 668. The van der Waals surface area contributed by atoms with Crippen LogP contribution in [0.3, 0.4) is 0 Å². The van der Waals surface area contributed by atoms with E-state index in [0.717, 1.165) is 26.2 Å². The molecule has 1 aromatic carbocycles. The molecule has 1 amide bonds. The van der Waals surface area contributed by atoms with E-state index in [9.17, 15) is 13.2 Å². The van der Waals surface area contributed by atoms with Crippen molar-refractivity contribution in [3.05, 3.63) is 24.3 Å². The first-order valence-electron chi connectivity index (χ1n) is 8.39. The lowest BCUT2D eigenvalue weighted by Gasteiger charge is -2.32. The van der Waals surface area contributed by atoms with Crippen molar-refractivity contribution in [3.63, 3.8) is 0 Å². The van der Waals surface area contributed by atoms with Gasteiger partial charge in [0.25, 0.3) is 0 Å². The molecular weight excluding hydrogens is 342 g/mol. The van der Waals surface area contributed by atoms with Crippen molar-refractivity contribution in [1.82, 2.24) is 9.80 Å². The molecule has 0 unspecified atom stereocenters. The maximum atomic E-state index is 12.3. The van der Waals surface area contributed by atoms with Gasteiger partial charge in [0.2, 0.25) is 15.9 Å². The van der Waals surface area contributed by atoms with Gasteiger partial charge >= 0.3 is 0 Å². The second-order valence-electron chi connectivity index (χ2n) is 6.32. The molecule has 0 bridgehead atoms. The molecule has 1 aliphatic rings. The van der Waals surface area contributed by atoms with Crippen LogP contribution in [-0.2, 0) is 14.8 Å². The lowest BCUT2D eigenvalue weighted by Crippen LogP contribution is -2.47. The second kappa shape index (κ2) is 8.53. The Hall–Kier alpha value is -1.80. The second-order valence-corrected chi connectivity index (χ2v) is 8.23. The number of likely N-dealkylation sites (N-methyl/N-ethyl adjacent to an activating group) is 1. The van der Waals surface area contributed by atoms with Crippen LogP contribution in [0, 0.1) is 0 Å². The number of piperazine rings is 1. The van der Waals surface area contributed by atoms with E-state index in [1.165, 1.54) is 10.6 Å². The van der Waals surface area contributed by atoms with Gasteiger partial charge in [-0.25, -0.2) is 8.42 Å². The van der Waals surface area contributed by atoms with Crippen molar-refractivity contribution in [2.24, 2.45) is 0 Å². The SMILES string of the molecule is COc1ccc(N(CCCC(=O)N2CCN(C)CC2)S(C)(=O)=O)cc1. The number of anilines is 1. The number of hydrogen-bond acceptors (Lipinski definition) is 5. The summed E-state index contributed by atoms with van der Waals surface area (Å²) in [6, 6.07) is 6.87. The van der Waals surface area contributed by atoms with Crippen LogP contribution in [0.4, 0.5) is 5.69 Å². The minimum atomic E-state index is -3.41. The van der Waals surface area contributed by atoms with E-state index in [2.05, 4.69) is 4.90 Å². The van der Waals surface area contributed by atoms with Crippen LogP contribution in [0.5, 0.6) is 5.75 Å². The van der Waals surface area contributed by atoms with E-state index < -0.39 is 10.0 Å². The van der Waals surface area contributed by atoms with Gasteiger partial charge in [-0.3, -0.25) is 9.10 Å². The number of rotatable bonds is 7. The highest BCUT2D eigenvalue weighted by molar-refractivity contribution is 7.92. The topological polar surface area (TPSA) is 70.2 Å². The lowest BCUT2D eigenvalue weighted by molar-refractivity contribution is -0.132. The summed E-state index contributed by atoms with van der Waals surface area (Å²) in [5, 5.41) is 0. The van der Waals surface area contributed by atoms with E-state index in [-0.39, 0.29) is 12.5 Å². The number of amides is 1. The largest absolute Gasteiger partial charge is 0.497 e. The third-order valence-corrected chi connectivity index (χ3v) is 5.56. The number of benzene rings is 1. The van der Waals surface area contributed by atoms with E-state index in [1.54, 1.807) is 31.4 Å². The van der Waals surface area contributed by atoms with Crippen LogP contribution in [-0.4, -0.2) is 77.3 Å². The molecule has 2 rings (SSSR count). The highest BCUT2D eigenvalue weighted by Crippen LogP contribution is 2.22. The Morgan fingerprint density at radius 2 is 1.76 bits per heavy atom. The molecule has 8 heteroatoms. The third kappa shape index (κ3) is 5.61. The van der Waals surface area contributed by atoms with Crippen LogP contribution in [0.2, 0.25) is 0 Å². The molecule has 25 heavy (non-hydrogen) atoms. The average Bonchev–Trinajstić information content (AvgIpc) is 2.58. The number of hydrogen-bond donors (Lipinski definition) is 0. The molecule has 140 valence electrons. The fraction of sp³-hybridized carbons (Fsp3) is 0.588. The van der Waals surface area contributed by atoms with E-state index >= 15 is 0 Å². The number of nitrogens with zero attached hydrogens (tertiary/aromatic N) is 3. The summed E-state index contributed by atoms with van der Waals surface area (Å²) < 4.78 is 30.6. The van der Waals surface area contributed by atoms with Crippen molar-refractivity contribution in [2.45, 2.75) is 12.8 Å². The standard InChI is InChI=1S/C17H27N3O4S/c1-18-11-13-19(14-12-18)17(21)5-4-10-20(25(3,22)23)15-6-8-16(24-2)9-7-15/h6-9H,4-5,10-14H2,1-3H3. The maximum absolute atomic E-state index is 12.3. The minimum Gasteiger partial charge on any atom is -0.497 e. The maximum Gasteiger partial charge on any atom is 0.232 e. The summed E-state index contributed by atoms with van der Waals surface area (Å²) in [6.07, 6.45) is 2.02. The molecule has 0 radical (unpaired) electrons. The fourth-order valence-corrected chi connectivity index (χ4v) is 3.79. The molecular formula is C17H27N3O4S. The van der Waals surface area contributed by atoms with Crippen LogP contribution in [0.25, 0.3) is 0 Å². The molecule has 0 saturated carbocycles. The van der Waals surface area contributed by atoms with Crippen LogP contribution < -0.4 is 9.04 Å². The van der Waals surface area contributed by atoms with Gasteiger partial charge < -0.3 is 14.5 Å². The molecule has 1 aromatic rings. The summed E-state index contributed by atoms with van der Waals surface area (Å²) in [7, 11) is 0.198. The van der Waals surface area contributed by atoms with E-state index in [0.29, 0.717) is 24.3 Å². The molecule has 0 atom stereocenters. The summed E-state index contributed by atoms with van der Waals surface area (Å²) in [5.74, 6) is 0.763. The van der Waals surface area contributed by atoms with Gasteiger partial charge in [0.1, 0.15) is 5.75 Å². The Labute approximate surface area is 150 Å². The Kier molecular flexibility index (Phi) is 6.66. The quantitative estimate of drug-likeness (QED) is 0.718. The number of methoxy groups -OCH3 is 1. The summed E-state index contributed by atoms with van der Waals surface area (Å²) in [5.41, 5.74) is 0.579. The normalized spacial score (nSPS) is 15.9. The molecule has 7 nitrogen and oxygen atoms in total. The van der Waals surface area contributed by atoms with Crippen LogP contribution in [0.1, 0.15) is 12.8 Å². The lowest BCUT2D eigenvalue weighted by atomic mass is 10.2. The number of ether oxygens (including phenoxy) is 1. The van der Waals surface area contributed by atoms with Gasteiger partial charge in [-0.05, 0) is 37.7 Å². The monoisotopic (exact) mass is 369 g/mol. The Morgan fingerprint density at radius 1 is 1.16 bits per heavy atom. The van der Waals surface area contributed by atoms with Gasteiger partial charge in [0, 0.05) is 39.1 Å². The predicted molar refractivity (Wildman–Crippen MR) is 98.5 cm³/mol. The first-order chi connectivity index (χ1) is 11.8. The van der Waals surface area contributed by atoms with Gasteiger partial charge in [0.15, 0.2) is 0 Å². The zero-order chi connectivity index (χ0) is 18.4. The zero-order valence-electron chi connectivity index (χ0n) is 15.1. The van der Waals surface area contributed by atoms with Crippen LogP contribution in [0.15, 0.2) is 24.3 Å². The highest BCUT2D eigenvalue weighted by atomic mass is 32.2. The van der Waals surface area contributed by atoms with Gasteiger partial charge in [-0.15, -0.1) is 0 Å². The molecule has 1 aliphatic heterocycles. The van der Waals surface area contributed by atoms with Crippen LogP contribution >= 0.6 is 0 Å². The zero-order valence-corrected chi connectivity index (χ0v) is 16.0. The summed E-state index contributed by atoms with van der Waals surface area (Å²) in [4.78, 5) is 16.3. The van der Waals surface area contributed by atoms with E-state index in [4.69, 9.17) is 4.74 Å². The smallest absolute Gasteiger partial charge is 0.232 e. The molecule has 1 saturated heterocycles. The summed E-state index contributed by atoms with van der Waals surface area (Å²) in [6.45, 7) is 3.53. The number of sulfonamides is 1. The Morgan fingerprint density at radius 3 is 2.28 bits per heavy atom. The highest BCUT2D eigenvalue weighted by Gasteiger charge is 2.21. The summed E-state index contributed by atoms with van der Waals surface area (Å²) >= 11 is 0. The minimum absolute atomic E-state index is 0.0938. The first-order valence-corrected chi connectivity index (χ1v) is 10.2. The first kappa shape index (κ1) is 19.5. The Balaban J connectivity index is 1.93. The molecule has 1 heterocycles. The van der Waals surface area contributed by atoms with E-state index in [1.807, 2.05) is 11.9 Å². The molecule has 0 aliphatic carbocycles. The number of carbonyl (C=O) groups is 1. The third-order valence-electron chi connectivity index (χ3n) is 4.37. The molecule has 0 aromatic heterocycles. The molecule has 1 fully saturated rings. The van der Waals surface area contributed by atoms with Crippen molar-refractivity contribution in [1.29, 1.82) is 0 Å². The molecule has 0 N–H and O–H groups in total. The molecule has 0 spiro atoms.